The molecule has 2 atom stereocenters. The van der Waals surface area contributed by atoms with Crippen molar-refractivity contribution in [3.8, 4) is 23.0 Å². The predicted octanol–water partition coefficient (Wildman–Crippen LogP) is 8.31. The van der Waals surface area contributed by atoms with Crippen molar-refractivity contribution in [2.24, 2.45) is 0 Å². The van der Waals surface area contributed by atoms with Crippen LogP contribution in [0.4, 0.5) is 0 Å². The maximum Gasteiger partial charge on any atom is 0.250 e. The first-order chi connectivity index (χ1) is 18.8. The Bertz CT molecular complexity index is 1110. The summed E-state index contributed by atoms with van der Waals surface area (Å²) < 4.78 is 24.0. The van der Waals surface area contributed by atoms with Crippen molar-refractivity contribution >= 4 is 28.8 Å². The first-order valence-electron chi connectivity index (χ1n) is 14.3. The molecule has 0 radical (unpaired) electrons. The lowest BCUT2D eigenvalue weighted by Crippen LogP contribution is -2.43. The fraction of sp³-hybridized carbons (Fsp3) is 0.515. The number of aliphatic hydroxyl groups excluding tert-OH is 2. The Morgan fingerprint density at radius 2 is 0.976 bits per heavy atom. The standard InChI is InChI=1S/C33H52O6Si2/c1-32(2,3)40(9,10)38-28-19-15-24(21-30(28)36-7)13-17-26(34)23-27(35)18-14-25-16-20-29(31(22-25)37-8)39-41(11,12)33(4,5)6/h13-22,26-27,34-35H,23H2,1-12H3/b17-13+,18-14+. The van der Waals surface area contributed by atoms with E-state index in [-0.39, 0.29) is 16.5 Å². The molecular weight excluding hydrogens is 549 g/mol. The Kier molecular flexibility index (Phi) is 11.5. The van der Waals surface area contributed by atoms with E-state index < -0.39 is 28.8 Å². The first-order valence-corrected chi connectivity index (χ1v) is 20.1. The molecule has 0 spiro atoms. The topological polar surface area (TPSA) is 77.4 Å². The largest absolute Gasteiger partial charge is 0.541 e. The van der Waals surface area contributed by atoms with Crippen molar-refractivity contribution in [3.05, 3.63) is 59.7 Å². The molecule has 0 saturated heterocycles. The number of methoxy groups -OCH3 is 2. The number of hydrogen-bond acceptors (Lipinski definition) is 6. The molecule has 2 N–H and O–H groups in total. The summed E-state index contributed by atoms with van der Waals surface area (Å²) in [6.45, 7) is 22.0. The van der Waals surface area contributed by atoms with Gasteiger partial charge in [-0.25, -0.2) is 0 Å². The minimum Gasteiger partial charge on any atom is -0.541 e. The van der Waals surface area contributed by atoms with Gasteiger partial charge in [0, 0.05) is 6.42 Å². The Labute approximate surface area is 250 Å². The van der Waals surface area contributed by atoms with Crippen molar-refractivity contribution in [2.45, 2.75) is 96.4 Å². The van der Waals surface area contributed by atoms with Crippen molar-refractivity contribution in [3.63, 3.8) is 0 Å². The molecule has 41 heavy (non-hydrogen) atoms. The van der Waals surface area contributed by atoms with E-state index in [1.807, 2.05) is 48.6 Å². The molecule has 2 aromatic carbocycles. The first kappa shape index (κ1) is 34.7. The van der Waals surface area contributed by atoms with E-state index >= 15 is 0 Å². The molecule has 0 heterocycles. The van der Waals surface area contributed by atoms with Crippen molar-refractivity contribution in [2.75, 3.05) is 14.2 Å². The molecule has 6 nitrogen and oxygen atoms in total. The van der Waals surface area contributed by atoms with E-state index in [0.29, 0.717) is 11.5 Å². The molecule has 0 aliphatic heterocycles. The van der Waals surface area contributed by atoms with Gasteiger partial charge >= 0.3 is 0 Å². The summed E-state index contributed by atoms with van der Waals surface area (Å²) in [5.41, 5.74) is 1.75. The van der Waals surface area contributed by atoms with Crippen LogP contribution in [-0.4, -0.2) is 53.3 Å². The summed E-state index contributed by atoms with van der Waals surface area (Å²) in [7, 11) is -0.757. The zero-order valence-corrected chi connectivity index (χ0v) is 29.2. The van der Waals surface area contributed by atoms with Crippen LogP contribution in [0, 0.1) is 0 Å². The molecule has 8 heteroatoms. The predicted molar refractivity (Wildman–Crippen MR) is 176 cm³/mol. The average Bonchev–Trinajstić information content (AvgIpc) is 2.85. The van der Waals surface area contributed by atoms with Crippen LogP contribution in [0.25, 0.3) is 12.2 Å². The third-order valence-corrected chi connectivity index (χ3v) is 16.9. The second kappa shape index (κ2) is 13.6. The Balaban J connectivity index is 2.04. The molecule has 0 amide bonds. The van der Waals surface area contributed by atoms with Crippen LogP contribution in [0.15, 0.2) is 48.6 Å². The van der Waals surface area contributed by atoms with Gasteiger partial charge in [-0.15, -0.1) is 0 Å². The van der Waals surface area contributed by atoms with Crippen molar-refractivity contribution in [1.82, 2.24) is 0 Å². The van der Waals surface area contributed by atoms with Gasteiger partial charge in [0.05, 0.1) is 26.4 Å². The zero-order valence-electron chi connectivity index (χ0n) is 27.2. The van der Waals surface area contributed by atoms with E-state index in [1.165, 1.54) is 0 Å². The lowest BCUT2D eigenvalue weighted by Gasteiger charge is -2.36. The molecule has 0 saturated carbocycles. The number of ether oxygens (including phenoxy) is 2. The maximum atomic E-state index is 10.5. The van der Waals surface area contributed by atoms with Crippen LogP contribution in [-0.2, 0) is 0 Å². The summed E-state index contributed by atoms with van der Waals surface area (Å²) in [6.07, 6.45) is 5.53. The zero-order chi connectivity index (χ0) is 31.2. The normalized spacial score (nSPS) is 14.8. The molecule has 2 unspecified atom stereocenters. The maximum absolute atomic E-state index is 10.5. The van der Waals surface area contributed by atoms with E-state index in [4.69, 9.17) is 18.3 Å². The number of hydrogen-bond donors (Lipinski definition) is 2. The van der Waals surface area contributed by atoms with Gasteiger partial charge in [-0.3, -0.25) is 0 Å². The molecule has 228 valence electrons. The van der Waals surface area contributed by atoms with Crippen molar-refractivity contribution < 1.29 is 28.5 Å². The molecule has 0 aliphatic carbocycles. The number of benzene rings is 2. The van der Waals surface area contributed by atoms with Crippen LogP contribution >= 0.6 is 0 Å². The highest BCUT2D eigenvalue weighted by molar-refractivity contribution is 6.75. The Morgan fingerprint density at radius 3 is 1.27 bits per heavy atom. The molecule has 2 rings (SSSR count). The van der Waals surface area contributed by atoms with Crippen LogP contribution in [0.1, 0.15) is 59.1 Å². The van der Waals surface area contributed by atoms with Gasteiger partial charge in [0.2, 0.25) is 0 Å². The SMILES string of the molecule is COc1cc(/C=C/C(O)CC(O)/C=C/c2ccc(O[Si](C)(C)C(C)(C)C)c(OC)c2)ccc1O[Si](C)(C)C(C)(C)C. The monoisotopic (exact) mass is 600 g/mol. The molecule has 0 bridgehead atoms. The van der Waals surface area contributed by atoms with E-state index in [1.54, 1.807) is 26.4 Å². The highest BCUT2D eigenvalue weighted by Crippen LogP contribution is 2.41. The lowest BCUT2D eigenvalue weighted by molar-refractivity contribution is 0.134. The third kappa shape index (κ3) is 9.77. The van der Waals surface area contributed by atoms with E-state index in [2.05, 4.69) is 67.7 Å². The molecule has 2 aromatic rings. The third-order valence-electron chi connectivity index (χ3n) is 8.22. The molecule has 0 aromatic heterocycles. The van der Waals surface area contributed by atoms with Gasteiger partial charge in [-0.2, -0.15) is 0 Å². The smallest absolute Gasteiger partial charge is 0.250 e. The fourth-order valence-corrected chi connectivity index (χ4v) is 5.50. The fourth-order valence-electron chi connectivity index (χ4n) is 3.45. The second-order valence-corrected chi connectivity index (χ2v) is 23.1. The molecule has 0 fully saturated rings. The number of rotatable bonds is 12. The molecule has 0 aliphatic rings. The minimum absolute atomic E-state index is 0.0740. The van der Waals surface area contributed by atoms with Gasteiger partial charge in [0.15, 0.2) is 11.5 Å². The van der Waals surface area contributed by atoms with Gasteiger partial charge in [-0.05, 0) is 71.7 Å². The van der Waals surface area contributed by atoms with E-state index in [0.717, 1.165) is 22.6 Å². The van der Waals surface area contributed by atoms with Crippen LogP contribution in [0.3, 0.4) is 0 Å². The minimum atomic E-state index is -2.01. The summed E-state index contributed by atoms with van der Waals surface area (Å²) >= 11 is 0. The summed E-state index contributed by atoms with van der Waals surface area (Å²) in [5.74, 6) is 2.78. The highest BCUT2D eigenvalue weighted by atomic mass is 28.4. The van der Waals surface area contributed by atoms with Gasteiger partial charge in [-0.1, -0.05) is 78.0 Å². The van der Waals surface area contributed by atoms with Crippen LogP contribution in [0.2, 0.25) is 36.3 Å². The molecular formula is C33H52O6Si2. The quantitative estimate of drug-likeness (QED) is 0.239. The lowest BCUT2D eigenvalue weighted by atomic mass is 10.1. The summed E-state index contributed by atoms with van der Waals surface area (Å²) in [4.78, 5) is 0. The Hall–Kier alpha value is -2.53. The van der Waals surface area contributed by atoms with Crippen molar-refractivity contribution in [1.29, 1.82) is 0 Å². The number of aliphatic hydroxyl groups is 2. The van der Waals surface area contributed by atoms with Gasteiger partial charge in [0.25, 0.3) is 16.6 Å². The van der Waals surface area contributed by atoms with E-state index in [9.17, 15) is 10.2 Å². The van der Waals surface area contributed by atoms with Gasteiger partial charge in [0.1, 0.15) is 11.5 Å². The summed E-state index contributed by atoms with van der Waals surface area (Å²) in [5, 5.41) is 21.2. The van der Waals surface area contributed by atoms with Gasteiger partial charge < -0.3 is 28.5 Å². The highest BCUT2D eigenvalue weighted by Gasteiger charge is 2.40. The van der Waals surface area contributed by atoms with Crippen LogP contribution in [0.5, 0.6) is 23.0 Å². The Morgan fingerprint density at radius 1 is 0.634 bits per heavy atom. The average molecular weight is 601 g/mol. The summed E-state index contributed by atoms with van der Waals surface area (Å²) in [6, 6.07) is 11.5. The van der Waals surface area contributed by atoms with Crippen LogP contribution < -0.4 is 18.3 Å². The second-order valence-electron chi connectivity index (χ2n) is 13.6.